The van der Waals surface area contributed by atoms with Gasteiger partial charge in [0.1, 0.15) is 17.3 Å². The Hall–Kier alpha value is -4.13. The second-order valence-corrected chi connectivity index (χ2v) is 7.52. The topological polar surface area (TPSA) is 89.0 Å². The fourth-order valence-electron chi connectivity index (χ4n) is 3.94. The van der Waals surface area contributed by atoms with Gasteiger partial charge in [-0.15, -0.1) is 0 Å². The van der Waals surface area contributed by atoms with Crippen molar-refractivity contribution in [2.75, 3.05) is 13.7 Å². The van der Waals surface area contributed by atoms with Crippen molar-refractivity contribution < 1.29 is 24.2 Å². The zero-order chi connectivity index (χ0) is 23.4. The number of carbonyl (C=O) groups is 2. The monoisotopic (exact) mass is 444 g/mol. The van der Waals surface area contributed by atoms with Crippen LogP contribution in [0.3, 0.4) is 0 Å². The van der Waals surface area contributed by atoms with Crippen molar-refractivity contribution in [1.29, 1.82) is 0 Å². The van der Waals surface area contributed by atoms with Gasteiger partial charge >= 0.3 is 0 Å². The van der Waals surface area contributed by atoms with Gasteiger partial charge in [0, 0.05) is 24.5 Å². The summed E-state index contributed by atoms with van der Waals surface area (Å²) in [6.45, 7) is 2.51. The number of hydrogen-bond donors (Lipinski definition) is 1. The molecule has 1 atom stereocenters. The van der Waals surface area contributed by atoms with Crippen LogP contribution in [0.1, 0.15) is 29.7 Å². The van der Waals surface area contributed by atoms with Crippen molar-refractivity contribution >= 4 is 17.4 Å². The highest BCUT2D eigenvalue weighted by molar-refractivity contribution is 6.46. The standard InChI is InChI=1S/C26H24N2O5/c1-3-33-21-9-5-7-19(15-21)24(29)22-23(18-6-4-8-20(14-18)32-2)28(26(31)25(22)30)16-17-10-12-27-13-11-17/h4-15,23,29H,3,16H2,1-2H3/t23-/m1/s1. The summed E-state index contributed by atoms with van der Waals surface area (Å²) in [7, 11) is 1.55. The first-order valence-electron chi connectivity index (χ1n) is 10.6. The summed E-state index contributed by atoms with van der Waals surface area (Å²) < 4.78 is 10.9. The van der Waals surface area contributed by atoms with Crippen molar-refractivity contribution in [1.82, 2.24) is 9.88 Å². The molecular formula is C26H24N2O5. The van der Waals surface area contributed by atoms with Gasteiger partial charge in [0.05, 0.1) is 25.3 Å². The van der Waals surface area contributed by atoms with E-state index in [0.29, 0.717) is 29.2 Å². The van der Waals surface area contributed by atoms with Gasteiger partial charge in [-0.2, -0.15) is 0 Å². The van der Waals surface area contributed by atoms with Crippen LogP contribution in [0, 0.1) is 0 Å². The summed E-state index contributed by atoms with van der Waals surface area (Å²) in [6, 6.07) is 16.7. The lowest BCUT2D eigenvalue weighted by molar-refractivity contribution is -0.140. The normalized spacial score (nSPS) is 17.3. The minimum Gasteiger partial charge on any atom is -0.507 e. The van der Waals surface area contributed by atoms with Gasteiger partial charge in [0.2, 0.25) is 0 Å². The Morgan fingerprint density at radius 3 is 2.48 bits per heavy atom. The fraction of sp³-hybridized carbons (Fsp3) is 0.192. The van der Waals surface area contributed by atoms with Crippen molar-refractivity contribution in [3.8, 4) is 11.5 Å². The molecule has 7 heteroatoms. The predicted molar refractivity (Wildman–Crippen MR) is 123 cm³/mol. The second kappa shape index (κ2) is 9.56. The van der Waals surface area contributed by atoms with E-state index < -0.39 is 17.7 Å². The smallest absolute Gasteiger partial charge is 0.295 e. The summed E-state index contributed by atoms with van der Waals surface area (Å²) in [5.74, 6) is -0.524. The average molecular weight is 444 g/mol. The molecule has 1 fully saturated rings. The van der Waals surface area contributed by atoms with Gasteiger partial charge < -0.3 is 19.5 Å². The van der Waals surface area contributed by atoms with Gasteiger partial charge in [-0.3, -0.25) is 14.6 Å². The van der Waals surface area contributed by atoms with Crippen LogP contribution in [-0.2, 0) is 16.1 Å². The maximum Gasteiger partial charge on any atom is 0.295 e. The summed E-state index contributed by atoms with van der Waals surface area (Å²) in [4.78, 5) is 31.8. The van der Waals surface area contributed by atoms with E-state index >= 15 is 0 Å². The molecule has 1 amide bonds. The Morgan fingerprint density at radius 2 is 1.76 bits per heavy atom. The molecule has 2 heterocycles. The number of pyridine rings is 1. The lowest BCUT2D eigenvalue weighted by Crippen LogP contribution is -2.29. The van der Waals surface area contributed by atoms with E-state index in [0.717, 1.165) is 5.56 Å². The van der Waals surface area contributed by atoms with Crippen LogP contribution >= 0.6 is 0 Å². The molecule has 7 nitrogen and oxygen atoms in total. The number of amides is 1. The molecule has 0 spiro atoms. The van der Waals surface area contributed by atoms with Crippen LogP contribution in [0.5, 0.6) is 11.5 Å². The number of ether oxygens (including phenoxy) is 2. The molecule has 1 saturated heterocycles. The van der Waals surface area contributed by atoms with E-state index in [-0.39, 0.29) is 17.9 Å². The van der Waals surface area contributed by atoms with Crippen LogP contribution in [-0.4, -0.2) is 40.4 Å². The molecule has 0 unspecified atom stereocenters. The number of benzene rings is 2. The first-order chi connectivity index (χ1) is 16.0. The third-order valence-corrected chi connectivity index (χ3v) is 5.47. The Balaban J connectivity index is 1.86. The van der Waals surface area contributed by atoms with E-state index in [9.17, 15) is 14.7 Å². The number of aromatic nitrogens is 1. The van der Waals surface area contributed by atoms with Crippen LogP contribution in [0.2, 0.25) is 0 Å². The molecule has 33 heavy (non-hydrogen) atoms. The molecule has 168 valence electrons. The number of Topliss-reactive ketones (excluding diaryl/α,β-unsaturated/α-hetero) is 1. The Labute approximate surface area is 191 Å². The number of ketones is 1. The Bertz CT molecular complexity index is 1210. The molecule has 0 radical (unpaired) electrons. The SMILES string of the molecule is CCOc1cccc(C(O)=C2C(=O)C(=O)N(Cc3ccncc3)[C@@H]2c2cccc(OC)c2)c1. The number of likely N-dealkylation sites (tertiary alicyclic amines) is 1. The molecule has 1 aliphatic heterocycles. The highest BCUT2D eigenvalue weighted by Crippen LogP contribution is 2.41. The van der Waals surface area contributed by atoms with E-state index in [1.54, 1.807) is 74.1 Å². The highest BCUT2D eigenvalue weighted by atomic mass is 16.5. The van der Waals surface area contributed by atoms with Crippen molar-refractivity contribution in [2.45, 2.75) is 19.5 Å². The zero-order valence-electron chi connectivity index (χ0n) is 18.4. The third kappa shape index (κ3) is 4.43. The number of aliphatic hydroxyl groups excluding tert-OH is 1. The number of hydrogen-bond acceptors (Lipinski definition) is 6. The molecule has 2 aromatic carbocycles. The van der Waals surface area contributed by atoms with E-state index in [1.165, 1.54) is 4.90 Å². The lowest BCUT2D eigenvalue weighted by atomic mass is 9.95. The molecule has 0 bridgehead atoms. The summed E-state index contributed by atoms with van der Waals surface area (Å²) in [5, 5.41) is 11.2. The molecule has 4 rings (SSSR count). The predicted octanol–water partition coefficient (Wildman–Crippen LogP) is 4.11. The maximum absolute atomic E-state index is 13.2. The number of nitrogens with zero attached hydrogens (tertiary/aromatic N) is 2. The van der Waals surface area contributed by atoms with Crippen molar-refractivity contribution in [3.05, 3.63) is 95.3 Å². The van der Waals surface area contributed by atoms with Crippen molar-refractivity contribution in [2.24, 2.45) is 0 Å². The summed E-state index contributed by atoms with van der Waals surface area (Å²) in [5.41, 5.74) is 1.90. The van der Waals surface area contributed by atoms with Crippen LogP contribution in [0.4, 0.5) is 0 Å². The van der Waals surface area contributed by atoms with Crippen molar-refractivity contribution in [3.63, 3.8) is 0 Å². The average Bonchev–Trinajstić information content (AvgIpc) is 3.09. The highest BCUT2D eigenvalue weighted by Gasteiger charge is 2.46. The Kier molecular flexibility index (Phi) is 6.40. The molecule has 1 aromatic heterocycles. The zero-order valence-corrected chi connectivity index (χ0v) is 18.4. The summed E-state index contributed by atoms with van der Waals surface area (Å²) in [6.07, 6.45) is 3.26. The molecule has 3 aromatic rings. The molecular weight excluding hydrogens is 420 g/mol. The number of carbonyl (C=O) groups excluding carboxylic acids is 2. The van der Waals surface area contributed by atoms with Gasteiger partial charge in [0.15, 0.2) is 0 Å². The van der Waals surface area contributed by atoms with Gasteiger partial charge in [-0.25, -0.2) is 0 Å². The number of rotatable bonds is 7. The second-order valence-electron chi connectivity index (χ2n) is 7.52. The molecule has 0 aliphatic carbocycles. The van der Waals surface area contributed by atoms with E-state index in [4.69, 9.17) is 9.47 Å². The largest absolute Gasteiger partial charge is 0.507 e. The lowest BCUT2D eigenvalue weighted by Gasteiger charge is -2.25. The first-order valence-corrected chi connectivity index (χ1v) is 10.6. The Morgan fingerprint density at radius 1 is 1.03 bits per heavy atom. The van der Waals surface area contributed by atoms with Gasteiger partial charge in [-0.1, -0.05) is 24.3 Å². The quantitative estimate of drug-likeness (QED) is 0.335. The van der Waals surface area contributed by atoms with Crippen LogP contribution in [0.25, 0.3) is 5.76 Å². The van der Waals surface area contributed by atoms with Gasteiger partial charge in [-0.05, 0) is 54.4 Å². The molecule has 1 N–H and O–H groups in total. The molecule has 1 aliphatic rings. The van der Waals surface area contributed by atoms with E-state index in [1.807, 2.05) is 13.0 Å². The minimum absolute atomic E-state index is 0.0240. The third-order valence-electron chi connectivity index (χ3n) is 5.47. The van der Waals surface area contributed by atoms with Gasteiger partial charge in [0.25, 0.3) is 11.7 Å². The number of aliphatic hydroxyl groups is 1. The summed E-state index contributed by atoms with van der Waals surface area (Å²) >= 11 is 0. The first kappa shape index (κ1) is 22.1. The number of methoxy groups -OCH3 is 1. The van der Waals surface area contributed by atoms with Crippen LogP contribution < -0.4 is 9.47 Å². The minimum atomic E-state index is -0.788. The fourth-order valence-corrected chi connectivity index (χ4v) is 3.94. The molecule has 0 saturated carbocycles. The maximum atomic E-state index is 13.2. The van der Waals surface area contributed by atoms with E-state index in [2.05, 4.69) is 4.98 Å². The van der Waals surface area contributed by atoms with Crippen LogP contribution in [0.15, 0.2) is 78.6 Å².